The number of nitrogens with zero attached hydrogens (tertiary/aromatic N) is 1. The highest BCUT2D eigenvalue weighted by atomic mass is 32.2. The predicted molar refractivity (Wildman–Crippen MR) is 104 cm³/mol. The van der Waals surface area contributed by atoms with Gasteiger partial charge in [0, 0.05) is 18.3 Å². The average Bonchev–Trinajstić information content (AvgIpc) is 3.20. The summed E-state index contributed by atoms with van der Waals surface area (Å²) in [5.41, 5.74) is 0. The molecule has 1 aliphatic carbocycles. The molecule has 0 atom stereocenters. The van der Waals surface area contributed by atoms with Crippen LogP contribution in [0.25, 0.3) is 0 Å². The molecule has 1 heterocycles. The summed E-state index contributed by atoms with van der Waals surface area (Å²) in [5.74, 6) is 1.33. The van der Waals surface area contributed by atoms with Gasteiger partial charge in [-0.1, -0.05) is 12.8 Å². The van der Waals surface area contributed by atoms with Crippen molar-refractivity contribution in [2.45, 2.75) is 53.9 Å². The van der Waals surface area contributed by atoms with Gasteiger partial charge in [0.1, 0.15) is 5.75 Å². The van der Waals surface area contributed by atoms with Gasteiger partial charge in [-0.3, -0.25) is 4.79 Å². The number of amides is 1. The monoisotopic (exact) mass is 397 g/mol. The van der Waals surface area contributed by atoms with Gasteiger partial charge in [0.05, 0.1) is 23.0 Å². The molecule has 0 unspecified atom stereocenters. The average molecular weight is 398 g/mol. The standard InChI is InChI=1S/C19H27NO4S2/c1-24-15-6-8-17(9-7-15)26(22,23)18-10-12-20(13-11-18)19(21)14-25-16-4-2-3-5-16/h6-9,16,18H,2-5,10-14H2,1H3. The van der Waals surface area contributed by atoms with Crippen molar-refractivity contribution in [1.29, 1.82) is 0 Å². The van der Waals surface area contributed by atoms with Gasteiger partial charge in [-0.25, -0.2) is 8.42 Å². The molecule has 2 fully saturated rings. The molecule has 1 aromatic carbocycles. The molecule has 7 heteroatoms. The molecule has 1 aromatic rings. The van der Waals surface area contributed by atoms with Crippen LogP contribution in [-0.2, 0) is 14.6 Å². The summed E-state index contributed by atoms with van der Waals surface area (Å²) in [5, 5.41) is 0.217. The molecule has 2 aliphatic rings. The van der Waals surface area contributed by atoms with E-state index in [2.05, 4.69) is 0 Å². The topological polar surface area (TPSA) is 63.7 Å². The van der Waals surface area contributed by atoms with E-state index in [1.54, 1.807) is 43.1 Å². The number of rotatable bonds is 6. The molecule has 3 rings (SSSR count). The van der Waals surface area contributed by atoms with Crippen LogP contribution in [0.3, 0.4) is 0 Å². The Morgan fingerprint density at radius 3 is 2.31 bits per heavy atom. The fourth-order valence-electron chi connectivity index (χ4n) is 3.71. The fraction of sp³-hybridized carbons (Fsp3) is 0.632. The largest absolute Gasteiger partial charge is 0.497 e. The highest BCUT2D eigenvalue weighted by Crippen LogP contribution is 2.30. The molecule has 0 N–H and O–H groups in total. The van der Waals surface area contributed by atoms with Crippen molar-refractivity contribution < 1.29 is 17.9 Å². The maximum absolute atomic E-state index is 12.8. The van der Waals surface area contributed by atoms with Gasteiger partial charge in [-0.15, -0.1) is 11.8 Å². The van der Waals surface area contributed by atoms with Gasteiger partial charge in [-0.2, -0.15) is 0 Å². The Labute approximate surface area is 160 Å². The number of piperidine rings is 1. The lowest BCUT2D eigenvalue weighted by Gasteiger charge is -2.32. The first-order valence-electron chi connectivity index (χ1n) is 9.28. The Bertz CT molecular complexity index is 704. The summed E-state index contributed by atoms with van der Waals surface area (Å²) in [6, 6.07) is 6.55. The lowest BCUT2D eigenvalue weighted by Crippen LogP contribution is -2.43. The first-order valence-corrected chi connectivity index (χ1v) is 11.9. The first-order chi connectivity index (χ1) is 12.5. The Morgan fingerprint density at radius 2 is 1.73 bits per heavy atom. The second-order valence-corrected chi connectivity index (χ2v) is 10.5. The minimum Gasteiger partial charge on any atom is -0.497 e. The van der Waals surface area contributed by atoms with Crippen LogP contribution >= 0.6 is 11.8 Å². The van der Waals surface area contributed by atoms with Gasteiger partial charge in [0.25, 0.3) is 0 Å². The van der Waals surface area contributed by atoms with E-state index in [1.807, 2.05) is 4.90 Å². The molecule has 144 valence electrons. The molecule has 1 saturated carbocycles. The Kier molecular flexibility index (Phi) is 6.51. The molecule has 0 radical (unpaired) electrons. The van der Waals surface area contributed by atoms with Gasteiger partial charge in [0.2, 0.25) is 5.91 Å². The van der Waals surface area contributed by atoms with E-state index in [1.165, 1.54) is 25.7 Å². The second kappa shape index (κ2) is 8.65. The number of hydrogen-bond donors (Lipinski definition) is 0. The van der Waals surface area contributed by atoms with Crippen molar-refractivity contribution in [2.75, 3.05) is 26.0 Å². The number of carbonyl (C=O) groups is 1. The minimum absolute atomic E-state index is 0.155. The van der Waals surface area contributed by atoms with E-state index < -0.39 is 15.1 Å². The van der Waals surface area contributed by atoms with Crippen LogP contribution in [0.1, 0.15) is 38.5 Å². The van der Waals surface area contributed by atoms with Gasteiger partial charge in [-0.05, 0) is 49.9 Å². The van der Waals surface area contributed by atoms with Crippen molar-refractivity contribution in [3.8, 4) is 5.75 Å². The molecule has 1 saturated heterocycles. The Hall–Kier alpha value is -1.21. The minimum atomic E-state index is -3.36. The van der Waals surface area contributed by atoms with Crippen LogP contribution in [0.15, 0.2) is 29.2 Å². The number of hydrogen-bond acceptors (Lipinski definition) is 5. The van der Waals surface area contributed by atoms with Crippen molar-refractivity contribution in [2.24, 2.45) is 0 Å². The zero-order valence-corrected chi connectivity index (χ0v) is 16.9. The summed E-state index contributed by atoms with van der Waals surface area (Å²) >= 11 is 1.77. The highest BCUT2D eigenvalue weighted by molar-refractivity contribution is 8.00. The SMILES string of the molecule is COc1ccc(S(=O)(=O)C2CCN(C(=O)CSC3CCCC3)CC2)cc1. The zero-order valence-electron chi connectivity index (χ0n) is 15.2. The third-order valence-electron chi connectivity index (χ3n) is 5.37. The van der Waals surface area contributed by atoms with E-state index in [-0.39, 0.29) is 5.91 Å². The van der Waals surface area contributed by atoms with Crippen LogP contribution < -0.4 is 4.74 Å². The number of ether oxygens (including phenoxy) is 1. The van der Waals surface area contributed by atoms with E-state index >= 15 is 0 Å². The third kappa shape index (κ3) is 4.55. The number of methoxy groups -OCH3 is 1. The Balaban J connectivity index is 1.52. The fourth-order valence-corrected chi connectivity index (χ4v) is 6.67. The molecule has 0 bridgehead atoms. The predicted octanol–water partition coefficient (Wildman–Crippen LogP) is 3.14. The van der Waals surface area contributed by atoms with E-state index in [4.69, 9.17) is 4.74 Å². The second-order valence-electron chi connectivity index (χ2n) is 7.02. The van der Waals surface area contributed by atoms with Crippen molar-refractivity contribution in [3.05, 3.63) is 24.3 Å². The number of benzene rings is 1. The molecule has 1 amide bonds. The molecular formula is C19H27NO4S2. The highest BCUT2D eigenvalue weighted by Gasteiger charge is 2.32. The van der Waals surface area contributed by atoms with Crippen molar-refractivity contribution >= 4 is 27.5 Å². The van der Waals surface area contributed by atoms with Crippen molar-refractivity contribution in [1.82, 2.24) is 4.90 Å². The number of thioether (sulfide) groups is 1. The van der Waals surface area contributed by atoms with E-state index in [0.29, 0.717) is 47.6 Å². The summed E-state index contributed by atoms with van der Waals surface area (Å²) in [4.78, 5) is 14.6. The van der Waals surface area contributed by atoms with Crippen molar-refractivity contribution in [3.63, 3.8) is 0 Å². The smallest absolute Gasteiger partial charge is 0.232 e. The zero-order chi connectivity index (χ0) is 18.6. The first kappa shape index (κ1) is 19.5. The molecule has 0 spiro atoms. The van der Waals surface area contributed by atoms with Crippen LogP contribution in [0.2, 0.25) is 0 Å². The van der Waals surface area contributed by atoms with E-state index in [0.717, 1.165) is 0 Å². The molecule has 1 aliphatic heterocycles. The van der Waals surface area contributed by atoms with Gasteiger partial charge in [0.15, 0.2) is 9.84 Å². The Morgan fingerprint density at radius 1 is 1.12 bits per heavy atom. The summed E-state index contributed by atoms with van der Waals surface area (Å²) in [6.45, 7) is 1.06. The molecular weight excluding hydrogens is 370 g/mol. The van der Waals surface area contributed by atoms with Crippen LogP contribution in [0.5, 0.6) is 5.75 Å². The third-order valence-corrected chi connectivity index (χ3v) is 9.00. The lowest BCUT2D eigenvalue weighted by atomic mass is 10.1. The van der Waals surface area contributed by atoms with Gasteiger partial charge < -0.3 is 9.64 Å². The van der Waals surface area contributed by atoms with Crippen LogP contribution in [0.4, 0.5) is 0 Å². The number of carbonyl (C=O) groups excluding carboxylic acids is 1. The molecule has 0 aromatic heterocycles. The molecule has 26 heavy (non-hydrogen) atoms. The molecule has 5 nitrogen and oxygen atoms in total. The van der Waals surface area contributed by atoms with Crippen LogP contribution in [-0.4, -0.2) is 55.7 Å². The lowest BCUT2D eigenvalue weighted by molar-refractivity contribution is -0.129. The number of sulfone groups is 1. The quantitative estimate of drug-likeness (QED) is 0.738. The summed E-state index contributed by atoms with van der Waals surface area (Å²) < 4.78 is 30.7. The maximum Gasteiger partial charge on any atom is 0.232 e. The van der Waals surface area contributed by atoms with Crippen LogP contribution in [0, 0.1) is 0 Å². The summed E-state index contributed by atoms with van der Waals surface area (Å²) in [6.07, 6.45) is 6.02. The maximum atomic E-state index is 12.8. The van der Waals surface area contributed by atoms with Gasteiger partial charge >= 0.3 is 0 Å². The van der Waals surface area contributed by atoms with E-state index in [9.17, 15) is 13.2 Å². The summed E-state index contributed by atoms with van der Waals surface area (Å²) in [7, 11) is -1.80. The normalized spacial score (nSPS) is 19.7. The number of likely N-dealkylation sites (tertiary alicyclic amines) is 1.